The summed E-state index contributed by atoms with van der Waals surface area (Å²) < 4.78 is 0. The summed E-state index contributed by atoms with van der Waals surface area (Å²) in [6.45, 7) is 4.25. The minimum absolute atomic E-state index is 0.0780. The molecule has 0 saturated heterocycles. The molecule has 2 aromatic rings. The Morgan fingerprint density at radius 1 is 1.11 bits per heavy atom. The average Bonchev–Trinajstić information content (AvgIpc) is 2.37. The van der Waals surface area contributed by atoms with Gasteiger partial charge in [0.1, 0.15) is 0 Å². The van der Waals surface area contributed by atoms with Crippen LogP contribution in [-0.4, -0.2) is 5.91 Å². The van der Waals surface area contributed by atoms with Crippen molar-refractivity contribution in [3.05, 3.63) is 48.0 Å². The van der Waals surface area contributed by atoms with Gasteiger partial charge in [-0.25, -0.2) is 0 Å². The summed E-state index contributed by atoms with van der Waals surface area (Å²) in [5.41, 5.74) is 6.75. The van der Waals surface area contributed by atoms with E-state index in [0.29, 0.717) is 5.92 Å². The van der Waals surface area contributed by atoms with Crippen molar-refractivity contribution in [2.45, 2.75) is 26.7 Å². The van der Waals surface area contributed by atoms with Crippen molar-refractivity contribution in [1.29, 1.82) is 0 Å². The molecule has 0 radical (unpaired) electrons. The molecule has 0 aliphatic rings. The molecular weight excluding hydrogens is 234 g/mol. The second-order valence-corrected chi connectivity index (χ2v) is 5.57. The minimum Gasteiger partial charge on any atom is -0.369 e. The number of rotatable bonds is 5. The molecule has 0 aliphatic heterocycles. The fourth-order valence-corrected chi connectivity index (χ4v) is 2.61. The Bertz CT molecular complexity index is 569. The van der Waals surface area contributed by atoms with E-state index in [4.69, 9.17) is 5.73 Å². The molecule has 0 saturated carbocycles. The van der Waals surface area contributed by atoms with Crippen LogP contribution in [0.4, 0.5) is 0 Å². The number of nitrogens with two attached hydrogens (primary N) is 1. The van der Waals surface area contributed by atoms with E-state index in [-0.39, 0.29) is 11.8 Å². The third-order valence-electron chi connectivity index (χ3n) is 3.50. The van der Waals surface area contributed by atoms with Crippen molar-refractivity contribution >= 4 is 16.7 Å². The van der Waals surface area contributed by atoms with E-state index in [1.807, 2.05) is 18.2 Å². The lowest BCUT2D eigenvalue weighted by Gasteiger charge is -2.16. The predicted molar refractivity (Wildman–Crippen MR) is 79.8 cm³/mol. The van der Waals surface area contributed by atoms with Crippen LogP contribution in [0, 0.1) is 11.8 Å². The zero-order chi connectivity index (χ0) is 13.8. The lowest BCUT2D eigenvalue weighted by molar-refractivity contribution is -0.122. The first-order valence-electron chi connectivity index (χ1n) is 6.84. The van der Waals surface area contributed by atoms with Gasteiger partial charge in [0.25, 0.3) is 0 Å². The van der Waals surface area contributed by atoms with Crippen LogP contribution in [0.3, 0.4) is 0 Å². The van der Waals surface area contributed by atoms with E-state index in [1.165, 1.54) is 16.3 Å². The lowest BCUT2D eigenvalue weighted by Crippen LogP contribution is -2.26. The van der Waals surface area contributed by atoms with Crippen molar-refractivity contribution in [1.82, 2.24) is 0 Å². The lowest BCUT2D eigenvalue weighted by atomic mass is 9.88. The Kier molecular flexibility index (Phi) is 4.20. The number of amides is 1. The second kappa shape index (κ2) is 5.87. The van der Waals surface area contributed by atoms with Gasteiger partial charge >= 0.3 is 0 Å². The van der Waals surface area contributed by atoms with Gasteiger partial charge in [-0.1, -0.05) is 56.3 Å². The van der Waals surface area contributed by atoms with Gasteiger partial charge in [-0.15, -0.1) is 0 Å². The predicted octanol–water partition coefficient (Wildman–Crippen LogP) is 3.53. The topological polar surface area (TPSA) is 43.1 Å². The summed E-state index contributed by atoms with van der Waals surface area (Å²) in [6, 6.07) is 14.5. The summed E-state index contributed by atoms with van der Waals surface area (Å²) >= 11 is 0. The third kappa shape index (κ3) is 3.34. The van der Waals surface area contributed by atoms with E-state index in [0.717, 1.165) is 12.8 Å². The molecule has 100 valence electrons. The normalized spacial score (nSPS) is 12.8. The quantitative estimate of drug-likeness (QED) is 0.872. The highest BCUT2D eigenvalue weighted by molar-refractivity contribution is 5.86. The molecule has 0 bridgehead atoms. The van der Waals surface area contributed by atoms with Gasteiger partial charge in [-0.3, -0.25) is 4.79 Å². The van der Waals surface area contributed by atoms with E-state index >= 15 is 0 Å². The molecule has 0 fully saturated rings. The maximum absolute atomic E-state index is 11.6. The molecule has 0 aliphatic carbocycles. The van der Waals surface area contributed by atoms with E-state index in [1.54, 1.807) is 0 Å². The SMILES string of the molecule is CC(C)CC(Cc1cccc2ccccc12)C(N)=O. The smallest absolute Gasteiger partial charge is 0.220 e. The number of primary amides is 1. The van der Waals surface area contributed by atoms with E-state index in [9.17, 15) is 4.79 Å². The molecule has 0 spiro atoms. The summed E-state index contributed by atoms with van der Waals surface area (Å²) in [4.78, 5) is 11.6. The molecule has 1 amide bonds. The maximum Gasteiger partial charge on any atom is 0.220 e. The molecular formula is C17H21NO. The Labute approximate surface area is 114 Å². The van der Waals surface area contributed by atoms with Crippen LogP contribution in [0.5, 0.6) is 0 Å². The van der Waals surface area contributed by atoms with Gasteiger partial charge in [-0.05, 0) is 35.1 Å². The molecule has 2 rings (SSSR count). The number of benzene rings is 2. The monoisotopic (exact) mass is 255 g/mol. The number of carbonyl (C=O) groups is 1. The first kappa shape index (κ1) is 13.6. The second-order valence-electron chi connectivity index (χ2n) is 5.57. The van der Waals surface area contributed by atoms with Crippen molar-refractivity contribution in [3.63, 3.8) is 0 Å². The molecule has 19 heavy (non-hydrogen) atoms. The summed E-state index contributed by atoms with van der Waals surface area (Å²) in [5.74, 6) is 0.208. The molecule has 2 nitrogen and oxygen atoms in total. The molecule has 1 atom stereocenters. The van der Waals surface area contributed by atoms with Crippen LogP contribution in [0.15, 0.2) is 42.5 Å². The maximum atomic E-state index is 11.6. The summed E-state index contributed by atoms with van der Waals surface area (Å²) in [7, 11) is 0. The molecule has 0 aromatic heterocycles. The van der Waals surface area contributed by atoms with Gasteiger partial charge in [0.2, 0.25) is 5.91 Å². The number of hydrogen-bond donors (Lipinski definition) is 1. The van der Waals surface area contributed by atoms with Crippen LogP contribution >= 0.6 is 0 Å². The van der Waals surface area contributed by atoms with Gasteiger partial charge < -0.3 is 5.73 Å². The van der Waals surface area contributed by atoms with E-state index < -0.39 is 0 Å². The number of fused-ring (bicyclic) bond motifs is 1. The summed E-state index contributed by atoms with van der Waals surface area (Å²) in [6.07, 6.45) is 1.58. The highest BCUT2D eigenvalue weighted by atomic mass is 16.1. The molecule has 0 heterocycles. The van der Waals surface area contributed by atoms with Crippen molar-refractivity contribution < 1.29 is 4.79 Å². The number of hydrogen-bond acceptors (Lipinski definition) is 1. The minimum atomic E-state index is -0.193. The average molecular weight is 255 g/mol. The zero-order valence-corrected chi connectivity index (χ0v) is 11.6. The molecule has 2 N–H and O–H groups in total. The zero-order valence-electron chi connectivity index (χ0n) is 11.6. The molecule has 1 unspecified atom stereocenters. The molecule has 2 aromatic carbocycles. The Hall–Kier alpha value is -1.83. The third-order valence-corrected chi connectivity index (χ3v) is 3.50. The van der Waals surface area contributed by atoms with Gasteiger partial charge in [0.15, 0.2) is 0 Å². The van der Waals surface area contributed by atoms with E-state index in [2.05, 4.69) is 38.1 Å². The Balaban J connectivity index is 2.31. The van der Waals surface area contributed by atoms with Gasteiger partial charge in [-0.2, -0.15) is 0 Å². The standard InChI is InChI=1S/C17H21NO/c1-12(2)10-15(17(18)19)11-14-8-5-7-13-6-3-4-9-16(13)14/h3-9,12,15H,10-11H2,1-2H3,(H2,18,19). The first-order chi connectivity index (χ1) is 9.08. The molecule has 2 heteroatoms. The fraction of sp³-hybridized carbons (Fsp3) is 0.353. The first-order valence-corrected chi connectivity index (χ1v) is 6.84. The van der Waals surface area contributed by atoms with Gasteiger partial charge in [0, 0.05) is 5.92 Å². The fourth-order valence-electron chi connectivity index (χ4n) is 2.61. The largest absolute Gasteiger partial charge is 0.369 e. The summed E-state index contributed by atoms with van der Waals surface area (Å²) in [5, 5.41) is 2.44. The van der Waals surface area contributed by atoms with Crippen molar-refractivity contribution in [2.75, 3.05) is 0 Å². The van der Waals surface area contributed by atoms with Gasteiger partial charge in [0.05, 0.1) is 0 Å². The van der Waals surface area contributed by atoms with Crippen LogP contribution in [0.2, 0.25) is 0 Å². The number of carbonyl (C=O) groups excluding carboxylic acids is 1. The van der Waals surface area contributed by atoms with Crippen LogP contribution in [0.1, 0.15) is 25.8 Å². The highest BCUT2D eigenvalue weighted by Crippen LogP contribution is 2.23. The highest BCUT2D eigenvalue weighted by Gasteiger charge is 2.18. The van der Waals surface area contributed by atoms with Crippen molar-refractivity contribution in [2.24, 2.45) is 17.6 Å². The Morgan fingerprint density at radius 2 is 1.79 bits per heavy atom. The van der Waals surface area contributed by atoms with Crippen LogP contribution in [-0.2, 0) is 11.2 Å². The Morgan fingerprint density at radius 3 is 2.47 bits per heavy atom. The van der Waals surface area contributed by atoms with Crippen LogP contribution < -0.4 is 5.73 Å². The van der Waals surface area contributed by atoms with Crippen LogP contribution in [0.25, 0.3) is 10.8 Å². The van der Waals surface area contributed by atoms with Crippen molar-refractivity contribution in [3.8, 4) is 0 Å².